The molecule has 0 aliphatic carbocycles. The average molecular weight is 296 g/mol. The lowest BCUT2D eigenvalue weighted by Gasteiger charge is -2.13. The molecule has 96 valence electrons. The molecule has 1 rings (SSSR count). The van der Waals surface area contributed by atoms with Crippen LogP contribution in [0, 0.1) is 0 Å². The van der Waals surface area contributed by atoms with Gasteiger partial charge in [-0.15, -0.1) is 0 Å². The van der Waals surface area contributed by atoms with Gasteiger partial charge in [-0.2, -0.15) is 0 Å². The van der Waals surface area contributed by atoms with E-state index in [0.717, 1.165) is 0 Å². The van der Waals surface area contributed by atoms with Gasteiger partial charge in [0.25, 0.3) is 0 Å². The van der Waals surface area contributed by atoms with Crippen molar-refractivity contribution >= 4 is 25.5 Å². The zero-order chi connectivity index (χ0) is 13.1. The highest BCUT2D eigenvalue weighted by atomic mass is 32.7. The molecule has 0 spiro atoms. The molecule has 0 aliphatic rings. The van der Waals surface area contributed by atoms with Gasteiger partial charge in [0, 0.05) is 14.2 Å². The van der Waals surface area contributed by atoms with Crippen LogP contribution >= 0.6 is 16.0 Å². The van der Waals surface area contributed by atoms with E-state index in [1.807, 2.05) is 0 Å². The minimum absolute atomic E-state index is 0.108. The number of benzene rings is 1. The maximum absolute atomic E-state index is 11.8. The molecule has 17 heavy (non-hydrogen) atoms. The fourth-order valence-electron chi connectivity index (χ4n) is 1.21. The van der Waals surface area contributed by atoms with Crippen molar-refractivity contribution in [2.75, 3.05) is 14.2 Å². The summed E-state index contributed by atoms with van der Waals surface area (Å²) in [6, 6.07) is 6.07. The third-order valence-electron chi connectivity index (χ3n) is 2.18. The third kappa shape index (κ3) is 4.16. The van der Waals surface area contributed by atoms with Gasteiger partial charge < -0.3 is 9.05 Å². The van der Waals surface area contributed by atoms with Crippen molar-refractivity contribution in [3.63, 3.8) is 0 Å². The highest BCUT2D eigenvalue weighted by Crippen LogP contribution is 2.49. The van der Waals surface area contributed by atoms with Crippen LogP contribution in [-0.4, -0.2) is 22.6 Å². The molecule has 0 N–H and O–H groups in total. The van der Waals surface area contributed by atoms with E-state index in [4.69, 9.17) is 9.05 Å². The van der Waals surface area contributed by atoms with Gasteiger partial charge in [-0.25, -0.2) is 8.42 Å². The molecule has 8 heteroatoms. The summed E-state index contributed by atoms with van der Waals surface area (Å²) in [5.41, 5.74) is 0.689. The Kier molecular flexibility index (Phi) is 4.87. The lowest BCUT2D eigenvalue weighted by atomic mass is 10.2. The largest absolute Gasteiger partial charge is 0.334 e. The van der Waals surface area contributed by atoms with Gasteiger partial charge in [-0.3, -0.25) is 4.57 Å². The van der Waals surface area contributed by atoms with Crippen molar-refractivity contribution in [2.45, 2.75) is 11.1 Å². The molecule has 0 amide bonds. The zero-order valence-electron chi connectivity index (χ0n) is 9.49. The fraction of sp³-hybridized carbons (Fsp3) is 0.333. The first-order valence-corrected chi connectivity index (χ1v) is 9.32. The highest BCUT2D eigenvalue weighted by Gasteiger charge is 2.21. The molecular formula is C9H14O5P2S. The summed E-state index contributed by atoms with van der Waals surface area (Å²) in [7, 11) is -2.01. The second-order valence-electron chi connectivity index (χ2n) is 3.32. The Labute approximate surface area is 103 Å². The van der Waals surface area contributed by atoms with Gasteiger partial charge in [-0.1, -0.05) is 12.1 Å². The first-order chi connectivity index (χ1) is 7.80. The van der Waals surface area contributed by atoms with E-state index in [1.54, 1.807) is 20.6 Å². The van der Waals surface area contributed by atoms with E-state index >= 15 is 0 Å². The van der Waals surface area contributed by atoms with Crippen molar-refractivity contribution in [1.82, 2.24) is 0 Å². The first-order valence-electron chi connectivity index (χ1n) is 4.63. The molecule has 0 heterocycles. The number of hydrogen-bond acceptors (Lipinski definition) is 5. The van der Waals surface area contributed by atoms with Crippen molar-refractivity contribution in [1.29, 1.82) is 0 Å². The lowest BCUT2D eigenvalue weighted by molar-refractivity contribution is 0.275. The smallest absolute Gasteiger partial charge is 0.312 e. The van der Waals surface area contributed by atoms with Gasteiger partial charge in [0.2, 0.25) is 0 Å². The van der Waals surface area contributed by atoms with Crippen molar-refractivity contribution in [3.05, 3.63) is 29.8 Å². The molecule has 1 aromatic rings. The van der Waals surface area contributed by atoms with Gasteiger partial charge in [0.1, 0.15) is 0 Å². The molecule has 0 radical (unpaired) electrons. The van der Waals surface area contributed by atoms with Gasteiger partial charge >= 0.3 is 7.60 Å². The fourth-order valence-corrected chi connectivity index (χ4v) is 3.26. The molecule has 0 saturated carbocycles. The maximum atomic E-state index is 11.8. The predicted octanol–water partition coefficient (Wildman–Crippen LogP) is 2.24. The minimum atomic E-state index is -3.29. The summed E-state index contributed by atoms with van der Waals surface area (Å²) < 4.78 is 43.8. The molecule has 0 saturated heterocycles. The second kappa shape index (κ2) is 5.59. The third-order valence-corrected chi connectivity index (χ3v) is 5.80. The normalized spacial score (nSPS) is 12.6. The van der Waals surface area contributed by atoms with E-state index < -0.39 is 17.1 Å². The molecule has 1 aromatic carbocycles. The van der Waals surface area contributed by atoms with Crippen molar-refractivity contribution < 1.29 is 22.0 Å². The van der Waals surface area contributed by atoms with Crippen LogP contribution in [0.15, 0.2) is 29.2 Å². The Morgan fingerprint density at radius 1 is 1.18 bits per heavy atom. The topological polar surface area (TPSA) is 69.7 Å². The van der Waals surface area contributed by atoms with Crippen LogP contribution in [0.2, 0.25) is 0 Å². The van der Waals surface area contributed by atoms with Crippen LogP contribution in [0.3, 0.4) is 0 Å². The first kappa shape index (κ1) is 14.8. The van der Waals surface area contributed by atoms with Crippen LogP contribution in [0.1, 0.15) is 5.56 Å². The molecule has 0 bridgehead atoms. The molecule has 0 aliphatic heterocycles. The summed E-state index contributed by atoms with van der Waals surface area (Å²) in [5, 5.41) is 0. The van der Waals surface area contributed by atoms with E-state index in [-0.39, 0.29) is 11.1 Å². The number of hydrogen-bond donors (Lipinski definition) is 0. The van der Waals surface area contributed by atoms with E-state index in [2.05, 4.69) is 0 Å². The Morgan fingerprint density at radius 3 is 2.00 bits per heavy atom. The van der Waals surface area contributed by atoms with Crippen LogP contribution < -0.4 is 0 Å². The molecular weight excluding hydrogens is 282 g/mol. The summed E-state index contributed by atoms with van der Waals surface area (Å²) in [5.74, 6) is 0. The molecule has 1 unspecified atom stereocenters. The summed E-state index contributed by atoms with van der Waals surface area (Å²) in [6.07, 6.45) is 0.108. The van der Waals surface area contributed by atoms with Gasteiger partial charge in [-0.05, 0) is 26.1 Å². The monoisotopic (exact) mass is 296 g/mol. The Balaban J connectivity index is 2.93. The van der Waals surface area contributed by atoms with Crippen LogP contribution in [0.4, 0.5) is 0 Å². The average Bonchev–Trinajstić information content (AvgIpc) is 2.28. The second-order valence-corrected chi connectivity index (χ2v) is 9.01. The van der Waals surface area contributed by atoms with Crippen molar-refractivity contribution in [3.8, 4) is 0 Å². The van der Waals surface area contributed by atoms with Crippen LogP contribution in [0.25, 0.3) is 0 Å². The minimum Gasteiger partial charge on any atom is -0.312 e. The standard InChI is InChI=1S/C9H14O5P2S/c1-13-16(10,14-2)7-8-3-5-9(6-4-8)17(11,12)15/h3-6H,7,15H2,1-2H3. The lowest BCUT2D eigenvalue weighted by Crippen LogP contribution is -1.95. The van der Waals surface area contributed by atoms with Crippen LogP contribution in [-0.2, 0) is 29.2 Å². The summed E-state index contributed by atoms with van der Waals surface area (Å²) in [6.45, 7) is 0. The molecule has 5 nitrogen and oxygen atoms in total. The van der Waals surface area contributed by atoms with E-state index in [1.165, 1.54) is 26.4 Å². The quantitative estimate of drug-likeness (QED) is 0.779. The van der Waals surface area contributed by atoms with Gasteiger partial charge in [0.05, 0.1) is 11.1 Å². The van der Waals surface area contributed by atoms with Crippen LogP contribution in [0.5, 0.6) is 0 Å². The SMILES string of the molecule is COP(=O)(Cc1ccc(S(=O)(=O)P)cc1)OC. The molecule has 0 fully saturated rings. The molecule has 0 aromatic heterocycles. The molecule has 1 atom stereocenters. The van der Waals surface area contributed by atoms with Gasteiger partial charge in [0.15, 0.2) is 9.46 Å². The zero-order valence-corrected chi connectivity index (χ0v) is 12.4. The van der Waals surface area contributed by atoms with Crippen molar-refractivity contribution in [2.24, 2.45) is 0 Å². The Hall–Kier alpha value is -0.250. The summed E-state index contributed by atoms with van der Waals surface area (Å²) >= 11 is 0. The maximum Gasteiger partial charge on any atom is 0.334 e. The predicted molar refractivity (Wildman–Crippen MR) is 68.7 cm³/mol. The summed E-state index contributed by atoms with van der Waals surface area (Å²) in [4.78, 5) is 0.191. The number of rotatable bonds is 5. The Bertz CT molecular complexity index is 515. The van der Waals surface area contributed by atoms with E-state index in [9.17, 15) is 13.0 Å². The highest BCUT2D eigenvalue weighted by molar-refractivity contribution is 8.37. The van der Waals surface area contributed by atoms with E-state index in [0.29, 0.717) is 5.56 Å². The Morgan fingerprint density at radius 2 is 1.65 bits per heavy atom.